The monoisotopic (exact) mass is 292 g/mol. The zero-order valence-electron chi connectivity index (χ0n) is 12.4. The van der Waals surface area contributed by atoms with Crippen LogP contribution in [-0.4, -0.2) is 13.7 Å². The van der Waals surface area contributed by atoms with Gasteiger partial charge in [-0.25, -0.2) is 0 Å². The smallest absolute Gasteiger partial charge is 0.123 e. The summed E-state index contributed by atoms with van der Waals surface area (Å²) >= 11 is 5.72. The number of ether oxygens (including phenoxy) is 2. The molecule has 2 nitrogen and oxygen atoms in total. The summed E-state index contributed by atoms with van der Waals surface area (Å²) in [5, 5.41) is 0.711. The Bertz CT molecular complexity index is 521. The summed E-state index contributed by atoms with van der Waals surface area (Å²) in [5.74, 6) is 1.79. The molecule has 0 fully saturated rings. The molecule has 0 bridgehead atoms. The number of rotatable bonds is 3. The Morgan fingerprint density at radius 1 is 1.00 bits per heavy atom. The van der Waals surface area contributed by atoms with E-state index in [1.54, 1.807) is 13.2 Å². The molecular weight excluding hydrogens is 272 g/mol. The summed E-state index contributed by atoms with van der Waals surface area (Å²) in [7, 11) is 1.64. The molecule has 0 aromatic heterocycles. The van der Waals surface area contributed by atoms with Gasteiger partial charge in [0.15, 0.2) is 0 Å². The van der Waals surface area contributed by atoms with Gasteiger partial charge in [-0.15, -0.1) is 0 Å². The molecule has 0 amide bonds. The second-order valence-electron chi connectivity index (χ2n) is 4.36. The topological polar surface area (TPSA) is 18.5 Å². The van der Waals surface area contributed by atoms with E-state index >= 15 is 0 Å². The normalized spacial score (nSPS) is 9.45. The summed E-state index contributed by atoms with van der Waals surface area (Å²) in [6.45, 7) is 6.77. The van der Waals surface area contributed by atoms with Crippen molar-refractivity contribution in [3.05, 3.63) is 58.6 Å². The van der Waals surface area contributed by atoms with E-state index in [0.29, 0.717) is 5.02 Å². The van der Waals surface area contributed by atoms with Crippen molar-refractivity contribution < 1.29 is 9.47 Å². The Labute approximate surface area is 126 Å². The zero-order valence-corrected chi connectivity index (χ0v) is 13.2. The molecule has 0 aliphatic carbocycles. The van der Waals surface area contributed by atoms with Gasteiger partial charge < -0.3 is 9.47 Å². The fraction of sp³-hybridized carbons (Fsp3) is 0.294. The molecule has 20 heavy (non-hydrogen) atoms. The van der Waals surface area contributed by atoms with Gasteiger partial charge in [-0.2, -0.15) is 0 Å². The van der Waals surface area contributed by atoms with Crippen LogP contribution in [0.1, 0.15) is 18.1 Å². The number of methoxy groups -OCH3 is 1. The van der Waals surface area contributed by atoms with E-state index in [1.807, 2.05) is 50.2 Å². The fourth-order valence-corrected chi connectivity index (χ4v) is 1.76. The number of aryl methyl sites for hydroxylation is 2. The summed E-state index contributed by atoms with van der Waals surface area (Å²) in [6, 6.07) is 13.6. The predicted molar refractivity (Wildman–Crippen MR) is 85.1 cm³/mol. The van der Waals surface area contributed by atoms with Crippen molar-refractivity contribution in [1.82, 2.24) is 0 Å². The molecule has 108 valence electrons. The van der Waals surface area contributed by atoms with Crippen molar-refractivity contribution in [2.75, 3.05) is 13.7 Å². The molecule has 0 aliphatic rings. The van der Waals surface area contributed by atoms with Crippen LogP contribution in [-0.2, 0) is 0 Å². The minimum atomic E-state index is 0.711. The van der Waals surface area contributed by atoms with E-state index in [1.165, 1.54) is 5.56 Å². The minimum absolute atomic E-state index is 0.711. The van der Waals surface area contributed by atoms with Crippen molar-refractivity contribution in [3.8, 4) is 11.5 Å². The highest BCUT2D eigenvalue weighted by Crippen LogP contribution is 2.21. The Hall–Kier alpha value is -1.67. The maximum Gasteiger partial charge on any atom is 0.123 e. The van der Waals surface area contributed by atoms with Gasteiger partial charge in [-0.05, 0) is 50.6 Å². The summed E-state index contributed by atoms with van der Waals surface area (Å²) < 4.78 is 10.3. The van der Waals surface area contributed by atoms with E-state index in [2.05, 4.69) is 6.92 Å². The lowest BCUT2D eigenvalue weighted by molar-refractivity contribution is 0.340. The lowest BCUT2D eigenvalue weighted by Gasteiger charge is -2.02. The van der Waals surface area contributed by atoms with E-state index in [-0.39, 0.29) is 0 Å². The lowest BCUT2D eigenvalue weighted by atomic mass is 10.2. The molecule has 0 aliphatic heterocycles. The van der Waals surface area contributed by atoms with Gasteiger partial charge in [0.2, 0.25) is 0 Å². The summed E-state index contributed by atoms with van der Waals surface area (Å²) in [4.78, 5) is 0. The molecule has 2 aromatic rings. The van der Waals surface area contributed by atoms with Crippen LogP contribution in [0, 0.1) is 13.8 Å². The van der Waals surface area contributed by atoms with Gasteiger partial charge in [0.05, 0.1) is 13.7 Å². The maximum absolute atomic E-state index is 5.72. The number of halogens is 1. The number of benzene rings is 2. The third kappa shape index (κ3) is 5.54. The Morgan fingerprint density at radius 3 is 2.15 bits per heavy atom. The Kier molecular flexibility index (Phi) is 6.96. The summed E-state index contributed by atoms with van der Waals surface area (Å²) in [5.41, 5.74) is 2.37. The van der Waals surface area contributed by atoms with Crippen LogP contribution in [0.5, 0.6) is 11.5 Å². The van der Waals surface area contributed by atoms with Gasteiger partial charge in [0, 0.05) is 5.02 Å². The Balaban J connectivity index is 0.000000200. The average molecular weight is 293 g/mol. The summed E-state index contributed by atoms with van der Waals surface area (Å²) in [6.07, 6.45) is 0. The highest BCUT2D eigenvalue weighted by molar-refractivity contribution is 6.30. The van der Waals surface area contributed by atoms with Crippen LogP contribution in [0.25, 0.3) is 0 Å². The fourth-order valence-electron chi connectivity index (χ4n) is 1.60. The van der Waals surface area contributed by atoms with Gasteiger partial charge in [-0.1, -0.05) is 35.4 Å². The molecule has 3 heteroatoms. The molecule has 0 heterocycles. The number of hydrogen-bond acceptors (Lipinski definition) is 2. The van der Waals surface area contributed by atoms with Crippen molar-refractivity contribution in [3.63, 3.8) is 0 Å². The largest absolute Gasteiger partial charge is 0.496 e. The van der Waals surface area contributed by atoms with E-state index in [4.69, 9.17) is 21.1 Å². The van der Waals surface area contributed by atoms with Crippen LogP contribution in [0.3, 0.4) is 0 Å². The zero-order chi connectivity index (χ0) is 15.0. The average Bonchev–Trinajstić information content (AvgIpc) is 2.45. The highest BCUT2D eigenvalue weighted by atomic mass is 35.5. The maximum atomic E-state index is 5.72. The molecule has 0 spiro atoms. The molecule has 0 N–H and O–H groups in total. The van der Waals surface area contributed by atoms with Crippen LogP contribution in [0.2, 0.25) is 5.02 Å². The molecule has 0 saturated carbocycles. The van der Waals surface area contributed by atoms with Crippen molar-refractivity contribution in [2.45, 2.75) is 20.8 Å². The standard InChI is InChI=1S/C9H12O.C8H9ClO/c1-3-10-9-6-4-8(2)5-7-9;1-6-3-4-7(9)5-8(6)10-2/h4-7H,3H2,1-2H3;3-5H,1-2H3. The molecule has 0 atom stereocenters. The van der Waals surface area contributed by atoms with Crippen molar-refractivity contribution in [2.24, 2.45) is 0 Å². The first-order chi connectivity index (χ1) is 9.56. The van der Waals surface area contributed by atoms with E-state index < -0.39 is 0 Å². The van der Waals surface area contributed by atoms with E-state index in [0.717, 1.165) is 23.7 Å². The van der Waals surface area contributed by atoms with Gasteiger partial charge >= 0.3 is 0 Å². The number of hydrogen-bond donors (Lipinski definition) is 0. The first kappa shape index (κ1) is 16.4. The van der Waals surface area contributed by atoms with Crippen molar-refractivity contribution >= 4 is 11.6 Å². The molecule has 2 rings (SSSR count). The molecule has 0 unspecified atom stereocenters. The minimum Gasteiger partial charge on any atom is -0.496 e. The van der Waals surface area contributed by atoms with Gasteiger partial charge in [0.1, 0.15) is 11.5 Å². The van der Waals surface area contributed by atoms with E-state index in [9.17, 15) is 0 Å². The SMILES string of the molecule is CCOc1ccc(C)cc1.COc1cc(Cl)ccc1C. The second kappa shape index (κ2) is 8.49. The molecule has 0 radical (unpaired) electrons. The van der Waals surface area contributed by atoms with Gasteiger partial charge in [-0.3, -0.25) is 0 Å². The predicted octanol–water partition coefficient (Wildman–Crippen LogP) is 5.05. The quantitative estimate of drug-likeness (QED) is 0.788. The van der Waals surface area contributed by atoms with Gasteiger partial charge in [0.25, 0.3) is 0 Å². The van der Waals surface area contributed by atoms with Crippen molar-refractivity contribution in [1.29, 1.82) is 0 Å². The van der Waals surface area contributed by atoms with Crippen LogP contribution < -0.4 is 9.47 Å². The first-order valence-corrected chi connectivity index (χ1v) is 6.94. The molecular formula is C17H21ClO2. The third-order valence-corrected chi connectivity index (χ3v) is 2.94. The van der Waals surface area contributed by atoms with Crippen LogP contribution >= 0.6 is 11.6 Å². The third-order valence-electron chi connectivity index (χ3n) is 2.70. The molecule has 2 aromatic carbocycles. The Morgan fingerprint density at radius 2 is 1.65 bits per heavy atom. The second-order valence-corrected chi connectivity index (χ2v) is 4.80. The van der Waals surface area contributed by atoms with Crippen LogP contribution in [0.4, 0.5) is 0 Å². The lowest BCUT2D eigenvalue weighted by Crippen LogP contribution is -1.90. The first-order valence-electron chi connectivity index (χ1n) is 6.56. The highest BCUT2D eigenvalue weighted by Gasteiger charge is 1.96. The molecule has 0 saturated heterocycles. The van der Waals surface area contributed by atoms with Crippen LogP contribution in [0.15, 0.2) is 42.5 Å².